The maximum absolute atomic E-state index is 5.55. The Morgan fingerprint density at radius 3 is 2.60 bits per heavy atom. The van der Waals surface area contributed by atoms with Crippen molar-refractivity contribution >= 4 is 29.0 Å². The van der Waals surface area contributed by atoms with E-state index in [1.165, 1.54) is 0 Å². The molecule has 15 heavy (non-hydrogen) atoms. The summed E-state index contributed by atoms with van der Waals surface area (Å²) in [6.45, 7) is 0.757. The van der Waals surface area contributed by atoms with Crippen LogP contribution in [-0.4, -0.2) is 23.6 Å². The number of rotatable bonds is 6. The van der Waals surface area contributed by atoms with Gasteiger partial charge in [-0.2, -0.15) is 11.8 Å². The molecule has 0 aliphatic carbocycles. The summed E-state index contributed by atoms with van der Waals surface area (Å²) in [5.41, 5.74) is 6.37. The highest BCUT2D eigenvalue weighted by molar-refractivity contribution is 7.98. The normalized spacial score (nSPS) is 9.93. The van der Waals surface area contributed by atoms with Crippen LogP contribution < -0.4 is 10.5 Å². The van der Waals surface area contributed by atoms with Gasteiger partial charge in [-0.05, 0) is 42.7 Å². The van der Waals surface area contributed by atoms with Crippen molar-refractivity contribution in [2.45, 2.75) is 6.42 Å². The molecule has 2 nitrogen and oxygen atoms in total. The zero-order valence-corrected chi connectivity index (χ0v) is 10.4. The molecule has 0 unspecified atom stereocenters. The number of benzene rings is 1. The Bertz CT molecular complexity index is 311. The molecule has 0 spiro atoms. The van der Waals surface area contributed by atoms with E-state index in [1.54, 1.807) is 0 Å². The van der Waals surface area contributed by atoms with Crippen LogP contribution in [0.15, 0.2) is 24.3 Å². The molecular weight excluding hydrogens is 226 g/mol. The second kappa shape index (κ2) is 6.69. The first-order valence-corrected chi connectivity index (χ1v) is 6.56. The van der Waals surface area contributed by atoms with E-state index in [9.17, 15) is 0 Å². The van der Waals surface area contributed by atoms with Crippen molar-refractivity contribution in [2.75, 3.05) is 18.6 Å². The zero-order chi connectivity index (χ0) is 11.1. The van der Waals surface area contributed by atoms with Crippen molar-refractivity contribution in [3.8, 4) is 5.75 Å². The van der Waals surface area contributed by atoms with Crippen molar-refractivity contribution in [1.29, 1.82) is 0 Å². The lowest BCUT2D eigenvalue weighted by Crippen LogP contribution is -2.08. The van der Waals surface area contributed by atoms with E-state index in [1.807, 2.05) is 36.0 Å². The van der Waals surface area contributed by atoms with E-state index in [4.69, 9.17) is 22.7 Å². The standard InChI is InChI=1S/C11H15NOS2/c1-15-8-2-7-13-10-5-3-9(4-6-10)11(12)14/h3-6H,2,7-8H2,1H3,(H2,12,14). The third-order valence-corrected chi connectivity index (χ3v) is 2.83. The first-order valence-electron chi connectivity index (χ1n) is 4.75. The largest absolute Gasteiger partial charge is 0.494 e. The van der Waals surface area contributed by atoms with Crippen molar-refractivity contribution in [1.82, 2.24) is 0 Å². The average molecular weight is 241 g/mol. The average Bonchev–Trinajstić information content (AvgIpc) is 2.25. The Morgan fingerprint density at radius 2 is 2.07 bits per heavy atom. The summed E-state index contributed by atoms with van der Waals surface area (Å²) in [6, 6.07) is 7.56. The summed E-state index contributed by atoms with van der Waals surface area (Å²) in [7, 11) is 0. The Balaban J connectivity index is 2.39. The fourth-order valence-corrected chi connectivity index (χ4v) is 1.65. The van der Waals surface area contributed by atoms with Gasteiger partial charge in [0.2, 0.25) is 0 Å². The highest BCUT2D eigenvalue weighted by atomic mass is 32.2. The summed E-state index contributed by atoms with van der Waals surface area (Å²) in [4.78, 5) is 0.420. The van der Waals surface area contributed by atoms with E-state index < -0.39 is 0 Å². The van der Waals surface area contributed by atoms with Crippen LogP contribution in [-0.2, 0) is 0 Å². The molecule has 0 heterocycles. The molecule has 0 aromatic heterocycles. The van der Waals surface area contributed by atoms with Crippen molar-refractivity contribution in [3.63, 3.8) is 0 Å². The summed E-state index contributed by atoms with van der Waals surface area (Å²) in [5.74, 6) is 2.00. The molecule has 0 radical (unpaired) electrons. The van der Waals surface area contributed by atoms with Gasteiger partial charge in [-0.3, -0.25) is 0 Å². The van der Waals surface area contributed by atoms with Crippen LogP contribution in [0.1, 0.15) is 12.0 Å². The lowest BCUT2D eigenvalue weighted by atomic mass is 10.2. The molecule has 2 N–H and O–H groups in total. The van der Waals surface area contributed by atoms with E-state index in [0.29, 0.717) is 4.99 Å². The lowest BCUT2D eigenvalue weighted by Gasteiger charge is -2.06. The molecule has 1 aromatic rings. The molecule has 0 saturated heterocycles. The van der Waals surface area contributed by atoms with Gasteiger partial charge >= 0.3 is 0 Å². The topological polar surface area (TPSA) is 35.2 Å². The van der Waals surface area contributed by atoms with Gasteiger partial charge in [-0.1, -0.05) is 12.2 Å². The summed E-state index contributed by atoms with van der Waals surface area (Å²) >= 11 is 6.69. The number of ether oxygens (including phenoxy) is 1. The Morgan fingerprint density at radius 1 is 1.40 bits per heavy atom. The van der Waals surface area contributed by atoms with Gasteiger partial charge in [0.1, 0.15) is 10.7 Å². The Kier molecular flexibility index (Phi) is 5.50. The van der Waals surface area contributed by atoms with E-state index in [-0.39, 0.29) is 0 Å². The minimum Gasteiger partial charge on any atom is -0.494 e. The predicted molar refractivity (Wildman–Crippen MR) is 70.8 cm³/mol. The minimum absolute atomic E-state index is 0.420. The molecule has 0 bridgehead atoms. The molecule has 0 aliphatic heterocycles. The third kappa shape index (κ3) is 4.53. The molecular formula is C11H15NOS2. The number of thioether (sulfide) groups is 1. The quantitative estimate of drug-likeness (QED) is 0.613. The summed E-state index contributed by atoms with van der Waals surface area (Å²) < 4.78 is 5.55. The van der Waals surface area contributed by atoms with Crippen LogP contribution in [0.2, 0.25) is 0 Å². The molecule has 82 valence electrons. The Labute approximate surface area is 100 Å². The third-order valence-electron chi connectivity index (χ3n) is 1.90. The molecule has 4 heteroatoms. The fourth-order valence-electron chi connectivity index (χ4n) is 1.11. The molecule has 0 fully saturated rings. The highest BCUT2D eigenvalue weighted by Gasteiger charge is 1.97. The number of hydrogen-bond donors (Lipinski definition) is 1. The van der Waals surface area contributed by atoms with Crippen LogP contribution in [0, 0.1) is 0 Å². The van der Waals surface area contributed by atoms with Crippen molar-refractivity contribution in [3.05, 3.63) is 29.8 Å². The zero-order valence-electron chi connectivity index (χ0n) is 8.73. The summed E-state index contributed by atoms with van der Waals surface area (Å²) in [6.07, 6.45) is 3.16. The maximum Gasteiger partial charge on any atom is 0.119 e. The molecule has 0 amide bonds. The van der Waals surface area contributed by atoms with Crippen molar-refractivity contribution < 1.29 is 4.74 Å². The van der Waals surface area contributed by atoms with Crippen LogP contribution in [0.4, 0.5) is 0 Å². The van der Waals surface area contributed by atoms with Gasteiger partial charge in [0.15, 0.2) is 0 Å². The first kappa shape index (κ1) is 12.3. The number of thiocarbonyl (C=S) groups is 1. The molecule has 0 atom stereocenters. The van der Waals surface area contributed by atoms with Crippen LogP contribution in [0.25, 0.3) is 0 Å². The molecule has 0 aliphatic rings. The number of nitrogens with two attached hydrogens (primary N) is 1. The number of hydrogen-bond acceptors (Lipinski definition) is 3. The SMILES string of the molecule is CSCCCOc1ccc(C(N)=S)cc1. The monoisotopic (exact) mass is 241 g/mol. The van der Waals surface area contributed by atoms with Crippen LogP contribution >= 0.6 is 24.0 Å². The van der Waals surface area contributed by atoms with Gasteiger partial charge in [0.25, 0.3) is 0 Å². The second-order valence-electron chi connectivity index (χ2n) is 3.08. The maximum atomic E-state index is 5.55. The van der Waals surface area contributed by atoms with E-state index in [0.717, 1.165) is 30.1 Å². The Hall–Kier alpha value is -0.740. The van der Waals surface area contributed by atoms with Gasteiger partial charge < -0.3 is 10.5 Å². The highest BCUT2D eigenvalue weighted by Crippen LogP contribution is 2.12. The minimum atomic E-state index is 0.420. The summed E-state index contributed by atoms with van der Waals surface area (Å²) in [5, 5.41) is 0. The van der Waals surface area contributed by atoms with E-state index in [2.05, 4.69) is 6.26 Å². The first-order chi connectivity index (χ1) is 7.24. The van der Waals surface area contributed by atoms with Gasteiger partial charge in [-0.25, -0.2) is 0 Å². The lowest BCUT2D eigenvalue weighted by molar-refractivity contribution is 0.319. The van der Waals surface area contributed by atoms with Crippen molar-refractivity contribution in [2.24, 2.45) is 5.73 Å². The van der Waals surface area contributed by atoms with Crippen LogP contribution in [0.3, 0.4) is 0 Å². The van der Waals surface area contributed by atoms with Crippen LogP contribution in [0.5, 0.6) is 5.75 Å². The fraction of sp³-hybridized carbons (Fsp3) is 0.364. The smallest absolute Gasteiger partial charge is 0.119 e. The van der Waals surface area contributed by atoms with Gasteiger partial charge in [0.05, 0.1) is 6.61 Å². The van der Waals surface area contributed by atoms with Gasteiger partial charge in [0, 0.05) is 5.56 Å². The van der Waals surface area contributed by atoms with Gasteiger partial charge in [-0.15, -0.1) is 0 Å². The predicted octanol–water partition coefficient (Wildman–Crippen LogP) is 2.45. The van der Waals surface area contributed by atoms with E-state index >= 15 is 0 Å². The second-order valence-corrected chi connectivity index (χ2v) is 4.51. The molecule has 0 saturated carbocycles. The molecule has 1 aromatic carbocycles. The molecule has 1 rings (SSSR count).